The van der Waals surface area contributed by atoms with Gasteiger partial charge >= 0.3 is 6.03 Å². The molecule has 1 aromatic heterocycles. The number of carbonyl (C=O) groups is 3. The van der Waals surface area contributed by atoms with Crippen molar-refractivity contribution in [3.63, 3.8) is 0 Å². The fraction of sp³-hybridized carbons (Fsp3) is 0.294. The standard InChI is InChI=1S/C17H18N4O3S/c1-10-11(2)25-15(18-10)19-13(22)9-21-14(23)17(3,20-16(21)24)12-7-5-4-6-8-12/h4-8H,9H2,1-3H3,(H,20,24)(H,18,19,22). The van der Waals surface area contributed by atoms with E-state index in [-0.39, 0.29) is 6.54 Å². The number of hydrogen-bond acceptors (Lipinski definition) is 5. The summed E-state index contributed by atoms with van der Waals surface area (Å²) in [5.41, 5.74) is 0.335. The van der Waals surface area contributed by atoms with E-state index in [1.807, 2.05) is 19.9 Å². The SMILES string of the molecule is Cc1nc(NC(=O)CN2C(=O)NC(C)(c3ccccc3)C2=O)sc1C. The van der Waals surface area contributed by atoms with Gasteiger partial charge < -0.3 is 10.6 Å². The summed E-state index contributed by atoms with van der Waals surface area (Å²) < 4.78 is 0. The first-order valence-electron chi connectivity index (χ1n) is 7.75. The van der Waals surface area contributed by atoms with Crippen LogP contribution in [0.2, 0.25) is 0 Å². The molecule has 1 atom stereocenters. The minimum Gasteiger partial charge on any atom is -0.319 e. The van der Waals surface area contributed by atoms with Crippen molar-refractivity contribution in [1.29, 1.82) is 0 Å². The number of amides is 4. The number of anilines is 1. The topological polar surface area (TPSA) is 91.4 Å². The zero-order valence-electron chi connectivity index (χ0n) is 14.1. The molecule has 25 heavy (non-hydrogen) atoms. The molecule has 0 radical (unpaired) electrons. The lowest BCUT2D eigenvalue weighted by Gasteiger charge is -2.21. The van der Waals surface area contributed by atoms with Crippen molar-refractivity contribution >= 4 is 34.3 Å². The van der Waals surface area contributed by atoms with Crippen LogP contribution in [0.3, 0.4) is 0 Å². The van der Waals surface area contributed by atoms with Crippen molar-refractivity contribution in [2.45, 2.75) is 26.3 Å². The molecule has 1 saturated heterocycles. The van der Waals surface area contributed by atoms with E-state index in [9.17, 15) is 14.4 Å². The molecule has 0 spiro atoms. The van der Waals surface area contributed by atoms with Gasteiger partial charge in [-0.05, 0) is 26.3 Å². The monoisotopic (exact) mass is 358 g/mol. The highest BCUT2D eigenvalue weighted by Gasteiger charge is 2.49. The number of urea groups is 1. The molecular formula is C17H18N4O3S. The Labute approximate surface area is 149 Å². The molecular weight excluding hydrogens is 340 g/mol. The largest absolute Gasteiger partial charge is 0.325 e. The second-order valence-corrected chi connectivity index (χ2v) is 7.22. The van der Waals surface area contributed by atoms with Gasteiger partial charge in [-0.25, -0.2) is 9.78 Å². The minimum absolute atomic E-state index is 0.356. The first-order chi connectivity index (χ1) is 11.8. The second kappa shape index (κ2) is 6.29. The second-order valence-electron chi connectivity index (χ2n) is 6.02. The summed E-state index contributed by atoms with van der Waals surface area (Å²) in [6.45, 7) is 5.04. The summed E-state index contributed by atoms with van der Waals surface area (Å²) in [5, 5.41) is 5.76. The summed E-state index contributed by atoms with van der Waals surface area (Å²) >= 11 is 1.35. The third kappa shape index (κ3) is 3.12. The molecule has 1 aliphatic heterocycles. The Bertz CT molecular complexity index is 829. The molecule has 1 fully saturated rings. The highest BCUT2D eigenvalue weighted by atomic mass is 32.1. The predicted octanol–water partition coefficient (Wildman–Crippen LogP) is 2.17. The van der Waals surface area contributed by atoms with E-state index in [4.69, 9.17) is 0 Å². The molecule has 1 unspecified atom stereocenters. The van der Waals surface area contributed by atoms with Crippen molar-refractivity contribution in [3.8, 4) is 0 Å². The van der Waals surface area contributed by atoms with Crippen LogP contribution in [0.25, 0.3) is 0 Å². The molecule has 0 aliphatic carbocycles. The molecule has 1 aliphatic rings. The third-order valence-electron chi connectivity index (χ3n) is 4.20. The molecule has 1 aromatic carbocycles. The smallest absolute Gasteiger partial charge is 0.319 e. The molecule has 0 saturated carbocycles. The lowest BCUT2D eigenvalue weighted by molar-refractivity contribution is -0.133. The number of nitrogens with zero attached hydrogens (tertiary/aromatic N) is 2. The normalized spacial score (nSPS) is 19.9. The van der Waals surface area contributed by atoms with Crippen LogP contribution < -0.4 is 10.6 Å². The van der Waals surface area contributed by atoms with Gasteiger partial charge in [-0.2, -0.15) is 0 Å². The van der Waals surface area contributed by atoms with Crippen LogP contribution in [0.1, 0.15) is 23.1 Å². The number of imide groups is 1. The average molecular weight is 358 g/mol. The summed E-state index contributed by atoms with van der Waals surface area (Å²) in [6, 6.07) is 8.37. The van der Waals surface area contributed by atoms with E-state index < -0.39 is 23.4 Å². The quantitative estimate of drug-likeness (QED) is 0.820. The average Bonchev–Trinajstić information content (AvgIpc) is 3.00. The van der Waals surface area contributed by atoms with Gasteiger partial charge in [0.25, 0.3) is 5.91 Å². The Morgan fingerprint density at radius 1 is 1.28 bits per heavy atom. The van der Waals surface area contributed by atoms with Crippen molar-refractivity contribution < 1.29 is 14.4 Å². The van der Waals surface area contributed by atoms with E-state index in [2.05, 4.69) is 15.6 Å². The molecule has 2 N–H and O–H groups in total. The van der Waals surface area contributed by atoms with Crippen LogP contribution in [-0.2, 0) is 15.1 Å². The maximum Gasteiger partial charge on any atom is 0.325 e. The fourth-order valence-electron chi connectivity index (χ4n) is 2.64. The van der Waals surface area contributed by atoms with Crippen LogP contribution in [0.4, 0.5) is 9.93 Å². The highest BCUT2D eigenvalue weighted by molar-refractivity contribution is 7.15. The number of carbonyl (C=O) groups excluding carboxylic acids is 3. The van der Waals surface area contributed by atoms with Gasteiger partial charge in [0.2, 0.25) is 5.91 Å². The molecule has 4 amide bonds. The van der Waals surface area contributed by atoms with Gasteiger partial charge in [0.05, 0.1) is 5.69 Å². The van der Waals surface area contributed by atoms with Gasteiger partial charge in [0.1, 0.15) is 12.1 Å². The first-order valence-corrected chi connectivity index (χ1v) is 8.56. The van der Waals surface area contributed by atoms with E-state index in [1.165, 1.54) is 11.3 Å². The van der Waals surface area contributed by atoms with Crippen molar-refractivity contribution in [2.75, 3.05) is 11.9 Å². The van der Waals surface area contributed by atoms with Crippen LogP contribution >= 0.6 is 11.3 Å². The molecule has 2 heterocycles. The number of aromatic nitrogens is 1. The fourth-order valence-corrected chi connectivity index (χ4v) is 3.47. The Morgan fingerprint density at radius 3 is 2.56 bits per heavy atom. The molecule has 2 aromatic rings. The van der Waals surface area contributed by atoms with Crippen LogP contribution in [0.5, 0.6) is 0 Å². The zero-order valence-corrected chi connectivity index (χ0v) is 14.9. The van der Waals surface area contributed by atoms with Gasteiger partial charge in [0, 0.05) is 4.88 Å². The molecule has 130 valence electrons. The lowest BCUT2D eigenvalue weighted by Crippen LogP contribution is -2.42. The summed E-state index contributed by atoms with van der Waals surface area (Å²) in [7, 11) is 0. The van der Waals surface area contributed by atoms with Gasteiger partial charge in [0.15, 0.2) is 5.13 Å². The highest BCUT2D eigenvalue weighted by Crippen LogP contribution is 2.28. The van der Waals surface area contributed by atoms with E-state index in [0.29, 0.717) is 10.7 Å². The molecule has 8 heteroatoms. The summed E-state index contributed by atoms with van der Waals surface area (Å²) in [4.78, 5) is 43.3. The number of aryl methyl sites for hydroxylation is 2. The van der Waals surface area contributed by atoms with Crippen LogP contribution in [0, 0.1) is 13.8 Å². The summed E-state index contributed by atoms with van der Waals surface area (Å²) in [5.74, 6) is -0.917. The van der Waals surface area contributed by atoms with Gasteiger partial charge in [-0.3, -0.25) is 14.5 Å². The minimum atomic E-state index is -1.17. The first kappa shape index (κ1) is 17.1. The van der Waals surface area contributed by atoms with Crippen molar-refractivity contribution in [2.24, 2.45) is 0 Å². The van der Waals surface area contributed by atoms with Crippen LogP contribution in [-0.4, -0.2) is 34.3 Å². The Balaban J connectivity index is 1.73. The predicted molar refractivity (Wildman–Crippen MR) is 94.3 cm³/mol. The third-order valence-corrected chi connectivity index (χ3v) is 5.19. The maximum absolute atomic E-state index is 12.7. The molecule has 7 nitrogen and oxygen atoms in total. The number of rotatable bonds is 4. The number of benzene rings is 1. The van der Waals surface area contributed by atoms with Gasteiger partial charge in [-0.15, -0.1) is 11.3 Å². The number of thiazole rings is 1. The number of hydrogen-bond donors (Lipinski definition) is 2. The summed E-state index contributed by atoms with van der Waals surface area (Å²) in [6.07, 6.45) is 0. The van der Waals surface area contributed by atoms with E-state index in [0.717, 1.165) is 15.5 Å². The van der Waals surface area contributed by atoms with Crippen LogP contribution in [0.15, 0.2) is 30.3 Å². The Morgan fingerprint density at radius 2 is 1.96 bits per heavy atom. The lowest BCUT2D eigenvalue weighted by atomic mass is 9.92. The number of nitrogens with one attached hydrogen (secondary N) is 2. The zero-order chi connectivity index (χ0) is 18.2. The van der Waals surface area contributed by atoms with Gasteiger partial charge in [-0.1, -0.05) is 30.3 Å². The molecule has 0 bridgehead atoms. The maximum atomic E-state index is 12.7. The Kier molecular flexibility index (Phi) is 4.30. The van der Waals surface area contributed by atoms with Crippen molar-refractivity contribution in [1.82, 2.24) is 15.2 Å². The van der Waals surface area contributed by atoms with E-state index in [1.54, 1.807) is 31.2 Å². The van der Waals surface area contributed by atoms with Crippen molar-refractivity contribution in [3.05, 3.63) is 46.5 Å². The Hall–Kier alpha value is -2.74. The van der Waals surface area contributed by atoms with E-state index >= 15 is 0 Å². The molecule has 3 rings (SSSR count).